The van der Waals surface area contributed by atoms with Crippen LogP contribution in [0.4, 0.5) is 10.5 Å². The van der Waals surface area contributed by atoms with Gasteiger partial charge in [-0.3, -0.25) is 0 Å². The molecule has 0 saturated carbocycles. The maximum atomic E-state index is 12.4. The number of anilines is 1. The third-order valence-corrected chi connectivity index (χ3v) is 11.7. The summed E-state index contributed by atoms with van der Waals surface area (Å²) in [4.78, 5) is 22.9. The van der Waals surface area contributed by atoms with Crippen molar-refractivity contribution in [2.24, 2.45) is 0 Å². The molecule has 0 aliphatic carbocycles. The largest absolute Gasteiger partial charge is 0.472 e. The lowest BCUT2D eigenvalue weighted by atomic mass is 10.2. The van der Waals surface area contributed by atoms with Crippen molar-refractivity contribution in [1.82, 2.24) is 14.9 Å². The van der Waals surface area contributed by atoms with Crippen LogP contribution in [0.25, 0.3) is 10.9 Å². The Labute approximate surface area is 224 Å². The van der Waals surface area contributed by atoms with Crippen LogP contribution in [0.3, 0.4) is 0 Å². The van der Waals surface area contributed by atoms with Crippen LogP contribution in [0.15, 0.2) is 48.7 Å². The van der Waals surface area contributed by atoms with Crippen molar-refractivity contribution >= 4 is 42.6 Å². The van der Waals surface area contributed by atoms with Crippen LogP contribution in [-0.4, -0.2) is 61.7 Å². The van der Waals surface area contributed by atoms with Crippen LogP contribution in [0.2, 0.25) is 23.3 Å². The number of nitrogens with one attached hydrogen (secondary N) is 1. The molecule has 1 N–H and O–H groups in total. The van der Waals surface area contributed by atoms with Crippen LogP contribution >= 0.6 is 11.6 Å². The highest BCUT2D eigenvalue weighted by Gasteiger charge is 2.38. The fourth-order valence-corrected chi connectivity index (χ4v) is 5.01. The highest BCUT2D eigenvalue weighted by Crippen LogP contribution is 2.36. The third-order valence-electron chi connectivity index (χ3n) is 6.97. The first-order chi connectivity index (χ1) is 17.5. The van der Waals surface area contributed by atoms with Crippen molar-refractivity contribution in [3.05, 3.63) is 59.4 Å². The molecular formula is C27H35ClN4O4Si. The molecule has 1 atom stereocenters. The monoisotopic (exact) mass is 542 g/mol. The lowest BCUT2D eigenvalue weighted by Crippen LogP contribution is -2.43. The number of aromatic nitrogens is 2. The number of pyridine rings is 2. The van der Waals surface area contributed by atoms with Gasteiger partial charge in [-0.1, -0.05) is 62.7 Å². The van der Waals surface area contributed by atoms with Crippen LogP contribution in [0.1, 0.15) is 26.3 Å². The fraction of sp³-hybridized carbons (Fsp3) is 0.444. The molecule has 1 unspecified atom stereocenters. The molecule has 1 saturated heterocycles. The van der Waals surface area contributed by atoms with Crippen molar-refractivity contribution in [2.45, 2.75) is 51.6 Å². The highest BCUT2D eigenvalue weighted by molar-refractivity contribution is 6.74. The predicted octanol–water partition coefficient (Wildman–Crippen LogP) is 6.12. The van der Waals surface area contributed by atoms with E-state index in [0.717, 1.165) is 16.6 Å². The number of nitrogens with zero attached hydrogens (tertiary/aromatic N) is 3. The Morgan fingerprint density at radius 1 is 1.22 bits per heavy atom. The molecule has 1 aliphatic rings. The summed E-state index contributed by atoms with van der Waals surface area (Å²) >= 11 is 6.33. The molecule has 3 aromatic rings. The second-order valence-corrected chi connectivity index (χ2v) is 15.9. The van der Waals surface area contributed by atoms with Gasteiger partial charge in [-0.05, 0) is 35.8 Å². The van der Waals surface area contributed by atoms with Gasteiger partial charge >= 0.3 is 6.09 Å². The van der Waals surface area contributed by atoms with Gasteiger partial charge in [0, 0.05) is 30.4 Å². The average molecular weight is 543 g/mol. The lowest BCUT2D eigenvalue weighted by molar-refractivity contribution is 0.101. The molecule has 3 heterocycles. The number of amides is 1. The van der Waals surface area contributed by atoms with E-state index < -0.39 is 14.4 Å². The zero-order valence-electron chi connectivity index (χ0n) is 22.1. The molecule has 1 amide bonds. The van der Waals surface area contributed by atoms with Crippen molar-refractivity contribution in [3.63, 3.8) is 0 Å². The molecule has 4 rings (SSSR count). The summed E-state index contributed by atoms with van der Waals surface area (Å²) in [6, 6.07) is 13.8. The van der Waals surface area contributed by atoms with E-state index in [1.807, 2.05) is 24.3 Å². The van der Waals surface area contributed by atoms with E-state index in [2.05, 4.69) is 61.3 Å². The molecular weight excluding hydrogens is 508 g/mol. The molecule has 198 valence electrons. The topological polar surface area (TPSA) is 85.8 Å². The lowest BCUT2D eigenvalue weighted by Gasteiger charge is -2.36. The molecule has 1 aliphatic heterocycles. The van der Waals surface area contributed by atoms with Crippen LogP contribution in [0, 0.1) is 0 Å². The summed E-state index contributed by atoms with van der Waals surface area (Å²) in [6.45, 7) is 13.2. The van der Waals surface area contributed by atoms with Gasteiger partial charge in [-0.2, -0.15) is 0 Å². The zero-order valence-corrected chi connectivity index (χ0v) is 23.8. The Morgan fingerprint density at radius 3 is 2.70 bits per heavy atom. The summed E-state index contributed by atoms with van der Waals surface area (Å²) in [5.41, 5.74) is 2.54. The molecule has 10 heteroatoms. The summed E-state index contributed by atoms with van der Waals surface area (Å²) in [5, 5.41) is 4.73. The number of hydrogen-bond donors (Lipinski definition) is 1. The van der Waals surface area contributed by atoms with E-state index in [1.165, 1.54) is 0 Å². The second-order valence-electron chi connectivity index (χ2n) is 10.7. The molecule has 0 radical (unpaired) electrons. The van der Waals surface area contributed by atoms with E-state index >= 15 is 0 Å². The van der Waals surface area contributed by atoms with Crippen molar-refractivity contribution in [2.75, 3.05) is 31.6 Å². The highest BCUT2D eigenvalue weighted by atomic mass is 35.5. The molecule has 8 nitrogen and oxygen atoms in total. The Hall–Kier alpha value is -2.88. The Bertz CT molecular complexity index is 1240. The maximum absolute atomic E-state index is 12.4. The minimum Gasteiger partial charge on any atom is -0.472 e. The van der Waals surface area contributed by atoms with Gasteiger partial charge in [-0.15, -0.1) is 0 Å². The Kier molecular flexibility index (Phi) is 8.25. The minimum absolute atomic E-state index is 0.119. The number of benzene rings is 1. The van der Waals surface area contributed by atoms with E-state index in [-0.39, 0.29) is 17.7 Å². The number of rotatable bonds is 10. The van der Waals surface area contributed by atoms with E-state index in [1.54, 1.807) is 17.2 Å². The zero-order chi connectivity index (χ0) is 26.6. The number of fused-ring (bicyclic) bond motifs is 1. The molecule has 0 bridgehead atoms. The first-order valence-corrected chi connectivity index (χ1v) is 15.8. The molecule has 2 aromatic heterocycles. The normalized spacial score (nSPS) is 16.2. The number of carbonyl (C=O) groups is 1. The van der Waals surface area contributed by atoms with Gasteiger partial charge in [0.2, 0.25) is 5.88 Å². The van der Waals surface area contributed by atoms with Crippen LogP contribution < -0.4 is 10.1 Å². The number of halogens is 1. The van der Waals surface area contributed by atoms with E-state index in [0.29, 0.717) is 42.8 Å². The second kappa shape index (κ2) is 11.2. The number of cyclic esters (lactones) is 1. The predicted molar refractivity (Wildman–Crippen MR) is 149 cm³/mol. The summed E-state index contributed by atoms with van der Waals surface area (Å²) < 4.78 is 17.7. The molecule has 0 spiro atoms. The van der Waals surface area contributed by atoms with E-state index in [4.69, 9.17) is 25.5 Å². The summed E-state index contributed by atoms with van der Waals surface area (Å²) in [5.74, 6) is 0.346. The van der Waals surface area contributed by atoms with E-state index in [9.17, 15) is 4.79 Å². The van der Waals surface area contributed by atoms with Gasteiger partial charge in [0.25, 0.3) is 0 Å². The Balaban J connectivity index is 1.37. The van der Waals surface area contributed by atoms with Crippen molar-refractivity contribution in [3.8, 4) is 5.88 Å². The molecule has 1 fully saturated rings. The maximum Gasteiger partial charge on any atom is 0.410 e. The van der Waals surface area contributed by atoms with Gasteiger partial charge in [-0.25, -0.2) is 14.8 Å². The van der Waals surface area contributed by atoms with Gasteiger partial charge in [0.05, 0.1) is 13.2 Å². The van der Waals surface area contributed by atoms with Crippen LogP contribution in [0.5, 0.6) is 5.88 Å². The number of carbonyl (C=O) groups excluding carboxylic acids is 1. The SMILES string of the molecule is CC(C)(C)[Si](C)(C)OCCN1CC(COc2nccc3c(NCc4ccccc4)cc(Cl)nc23)OC1=O. The standard InChI is InChI=1S/C27H35ClN4O4Si/c1-27(2,3)37(4,5)35-14-13-32-17-20(36-26(32)33)18-34-25-24-21(11-12-29-25)22(15-23(28)31-24)30-16-19-9-7-6-8-10-19/h6-12,15,20H,13-14,16-18H2,1-5H3,(H,30,31). The molecule has 1 aromatic carbocycles. The number of hydrogen-bond acceptors (Lipinski definition) is 7. The summed E-state index contributed by atoms with van der Waals surface area (Å²) in [6.07, 6.45) is 0.908. The summed E-state index contributed by atoms with van der Waals surface area (Å²) in [7, 11) is -1.87. The van der Waals surface area contributed by atoms with Crippen molar-refractivity contribution in [1.29, 1.82) is 0 Å². The minimum atomic E-state index is -1.87. The van der Waals surface area contributed by atoms with Gasteiger partial charge in [0.15, 0.2) is 14.4 Å². The van der Waals surface area contributed by atoms with Gasteiger partial charge in [0.1, 0.15) is 17.3 Å². The average Bonchev–Trinajstić information content (AvgIpc) is 3.20. The third kappa shape index (κ3) is 6.71. The smallest absolute Gasteiger partial charge is 0.410 e. The van der Waals surface area contributed by atoms with Crippen LogP contribution in [-0.2, 0) is 15.7 Å². The first kappa shape index (κ1) is 27.2. The number of ether oxygens (including phenoxy) is 2. The Morgan fingerprint density at radius 2 is 1.97 bits per heavy atom. The van der Waals surface area contributed by atoms with Gasteiger partial charge < -0.3 is 24.1 Å². The quantitative estimate of drug-likeness (QED) is 0.244. The molecule has 37 heavy (non-hydrogen) atoms. The van der Waals surface area contributed by atoms with Crippen molar-refractivity contribution < 1.29 is 18.7 Å². The fourth-order valence-electron chi connectivity index (χ4n) is 3.78. The first-order valence-electron chi connectivity index (χ1n) is 12.5.